The third-order valence-electron chi connectivity index (χ3n) is 5.46. The Kier molecular flexibility index (Phi) is 6.64. The number of benzene rings is 3. The van der Waals surface area contributed by atoms with Gasteiger partial charge in [-0.25, -0.2) is 0 Å². The van der Waals surface area contributed by atoms with Crippen LogP contribution in [0.5, 0.6) is 0 Å². The van der Waals surface area contributed by atoms with Crippen LogP contribution < -0.4 is 10.9 Å². The van der Waals surface area contributed by atoms with E-state index in [0.717, 1.165) is 53.2 Å². The van der Waals surface area contributed by atoms with E-state index in [0.29, 0.717) is 22.5 Å². The first-order valence-electron chi connectivity index (χ1n) is 10.7. The lowest BCUT2D eigenvalue weighted by Gasteiger charge is -2.12. The third kappa shape index (κ3) is 5.71. The van der Waals surface area contributed by atoms with Crippen molar-refractivity contribution in [2.45, 2.75) is 19.3 Å². The molecule has 0 aliphatic carbocycles. The number of hydrogen-bond donors (Lipinski definition) is 1. The minimum absolute atomic E-state index is 0.0235. The number of nitrogens with zero attached hydrogens (tertiary/aromatic N) is 2. The van der Waals surface area contributed by atoms with Crippen LogP contribution in [0.1, 0.15) is 27.2 Å². The number of amides is 1. The summed E-state index contributed by atoms with van der Waals surface area (Å²) < 4.78 is 77.7. The van der Waals surface area contributed by atoms with E-state index < -0.39 is 34.9 Å². The molecular weight excluding hydrogens is 500 g/mol. The summed E-state index contributed by atoms with van der Waals surface area (Å²) in [6.45, 7) is 1.61. The van der Waals surface area contributed by atoms with E-state index in [9.17, 15) is 35.9 Å². The van der Waals surface area contributed by atoms with Crippen LogP contribution in [0.2, 0.25) is 0 Å². The molecule has 0 unspecified atom stereocenters. The van der Waals surface area contributed by atoms with E-state index in [-0.39, 0.29) is 11.3 Å². The van der Waals surface area contributed by atoms with Crippen LogP contribution in [-0.2, 0) is 12.4 Å². The fraction of sp³-hybridized carbons (Fsp3) is 0.115. The Morgan fingerprint density at radius 3 is 1.95 bits per heavy atom. The van der Waals surface area contributed by atoms with Crippen LogP contribution in [0.25, 0.3) is 16.8 Å². The van der Waals surface area contributed by atoms with E-state index in [1.807, 2.05) is 0 Å². The Balaban J connectivity index is 1.58. The number of halogens is 6. The van der Waals surface area contributed by atoms with Gasteiger partial charge in [-0.1, -0.05) is 12.1 Å². The second kappa shape index (κ2) is 9.57. The largest absolute Gasteiger partial charge is 0.416 e. The van der Waals surface area contributed by atoms with Gasteiger partial charge in [-0.05, 0) is 73.2 Å². The molecule has 1 aromatic heterocycles. The second-order valence-electron chi connectivity index (χ2n) is 8.05. The van der Waals surface area contributed by atoms with Crippen LogP contribution in [0.3, 0.4) is 0 Å². The quantitative estimate of drug-likeness (QED) is 0.315. The van der Waals surface area contributed by atoms with E-state index >= 15 is 0 Å². The molecule has 37 heavy (non-hydrogen) atoms. The van der Waals surface area contributed by atoms with Crippen molar-refractivity contribution in [3.05, 3.63) is 112 Å². The van der Waals surface area contributed by atoms with Crippen LogP contribution >= 0.6 is 0 Å². The van der Waals surface area contributed by atoms with Gasteiger partial charge in [0.15, 0.2) is 0 Å². The second-order valence-corrected chi connectivity index (χ2v) is 8.05. The highest BCUT2D eigenvalue weighted by molar-refractivity contribution is 6.04. The summed E-state index contributed by atoms with van der Waals surface area (Å²) in [6.07, 6.45) is -9.03. The number of carbonyl (C=O) groups excluding carboxylic acids is 1. The lowest BCUT2D eigenvalue weighted by molar-refractivity contribution is -0.138. The molecule has 1 heterocycles. The normalized spacial score (nSPS) is 11.9. The molecule has 0 saturated heterocycles. The lowest BCUT2D eigenvalue weighted by atomic mass is 10.0. The number of aryl methyl sites for hydroxylation is 1. The molecule has 0 bridgehead atoms. The van der Waals surface area contributed by atoms with Crippen molar-refractivity contribution >= 4 is 11.6 Å². The average molecular weight is 517 g/mol. The highest BCUT2D eigenvalue weighted by atomic mass is 19.4. The molecule has 0 radical (unpaired) electrons. The zero-order valence-electron chi connectivity index (χ0n) is 19.0. The van der Waals surface area contributed by atoms with Crippen molar-refractivity contribution in [1.29, 1.82) is 0 Å². The molecule has 0 fully saturated rings. The van der Waals surface area contributed by atoms with Gasteiger partial charge in [0.1, 0.15) is 0 Å². The van der Waals surface area contributed by atoms with Crippen LogP contribution in [0.15, 0.2) is 83.7 Å². The zero-order chi connectivity index (χ0) is 27.0. The molecule has 3 aromatic carbocycles. The van der Waals surface area contributed by atoms with Crippen molar-refractivity contribution in [2.24, 2.45) is 0 Å². The lowest BCUT2D eigenvalue weighted by Crippen LogP contribution is -2.22. The highest BCUT2D eigenvalue weighted by Crippen LogP contribution is 2.31. The number of carbonyl (C=O) groups is 1. The SMILES string of the molecule is Cc1nn(-c2ccc(C(F)(F)F)cc2)c(=O)cc1-c1cccc(NC(=O)c2ccc(C(F)(F)F)cc2)c1. The first-order valence-corrected chi connectivity index (χ1v) is 10.7. The molecule has 0 aliphatic heterocycles. The predicted molar refractivity (Wildman–Crippen MR) is 124 cm³/mol. The molecule has 0 aliphatic rings. The smallest absolute Gasteiger partial charge is 0.322 e. The Morgan fingerprint density at radius 1 is 0.811 bits per heavy atom. The van der Waals surface area contributed by atoms with Crippen LogP contribution in [-0.4, -0.2) is 15.7 Å². The van der Waals surface area contributed by atoms with Crippen molar-refractivity contribution in [2.75, 3.05) is 5.32 Å². The molecule has 5 nitrogen and oxygen atoms in total. The molecule has 1 amide bonds. The van der Waals surface area contributed by atoms with Crippen LogP contribution in [0, 0.1) is 6.92 Å². The average Bonchev–Trinajstić information content (AvgIpc) is 2.84. The topological polar surface area (TPSA) is 64.0 Å². The summed E-state index contributed by atoms with van der Waals surface area (Å²) in [5.41, 5.74) is -0.460. The van der Waals surface area contributed by atoms with Crippen LogP contribution in [0.4, 0.5) is 32.0 Å². The summed E-state index contributed by atoms with van der Waals surface area (Å²) in [7, 11) is 0. The van der Waals surface area contributed by atoms with Gasteiger partial charge in [0, 0.05) is 22.9 Å². The molecule has 4 aromatic rings. The van der Waals surface area contributed by atoms with E-state index in [2.05, 4.69) is 10.4 Å². The Morgan fingerprint density at radius 2 is 1.38 bits per heavy atom. The van der Waals surface area contributed by atoms with Gasteiger partial charge in [0.25, 0.3) is 11.5 Å². The zero-order valence-corrected chi connectivity index (χ0v) is 19.0. The van der Waals surface area contributed by atoms with Gasteiger partial charge in [0.2, 0.25) is 0 Å². The van der Waals surface area contributed by atoms with Gasteiger partial charge >= 0.3 is 12.4 Å². The van der Waals surface area contributed by atoms with Crippen molar-refractivity contribution in [3.63, 3.8) is 0 Å². The maximum Gasteiger partial charge on any atom is 0.416 e. The standard InChI is InChI=1S/C26H17F6N3O2/c1-15-22(14-23(36)35(34-15)21-11-9-19(10-12-21)26(30,31)32)17-3-2-4-20(13-17)33-24(37)16-5-7-18(8-6-16)25(27,28)29/h2-14H,1H3,(H,33,37). The van der Waals surface area contributed by atoms with E-state index in [4.69, 9.17) is 0 Å². The molecule has 190 valence electrons. The third-order valence-corrected chi connectivity index (χ3v) is 5.46. The fourth-order valence-corrected chi connectivity index (χ4v) is 3.59. The Hall–Kier alpha value is -4.41. The minimum atomic E-state index is -4.52. The summed E-state index contributed by atoms with van der Waals surface area (Å²) >= 11 is 0. The van der Waals surface area contributed by atoms with E-state index in [1.165, 1.54) is 6.07 Å². The number of nitrogens with one attached hydrogen (secondary N) is 1. The predicted octanol–water partition coefficient (Wildman–Crippen LogP) is 6.50. The van der Waals surface area contributed by atoms with Crippen molar-refractivity contribution in [3.8, 4) is 16.8 Å². The number of alkyl halides is 6. The van der Waals surface area contributed by atoms with Gasteiger partial charge in [-0.3, -0.25) is 9.59 Å². The molecular formula is C26H17F6N3O2. The van der Waals surface area contributed by atoms with Gasteiger partial charge < -0.3 is 5.32 Å². The first kappa shape index (κ1) is 25.7. The summed E-state index contributed by atoms with van der Waals surface area (Å²) in [5.74, 6) is -0.626. The van der Waals surface area contributed by atoms with Crippen molar-refractivity contribution < 1.29 is 31.1 Å². The maximum atomic E-state index is 12.8. The fourth-order valence-electron chi connectivity index (χ4n) is 3.59. The van der Waals surface area contributed by atoms with Gasteiger partial charge in [0.05, 0.1) is 22.5 Å². The summed E-state index contributed by atoms with van der Waals surface area (Å²) in [6, 6.07) is 15.4. The van der Waals surface area contributed by atoms with Crippen molar-refractivity contribution in [1.82, 2.24) is 9.78 Å². The highest BCUT2D eigenvalue weighted by Gasteiger charge is 2.31. The Labute approximate surface area is 206 Å². The monoisotopic (exact) mass is 517 g/mol. The maximum absolute atomic E-state index is 12.8. The molecule has 1 N–H and O–H groups in total. The van der Waals surface area contributed by atoms with Gasteiger partial charge in [-0.15, -0.1) is 0 Å². The summed E-state index contributed by atoms with van der Waals surface area (Å²) in [4.78, 5) is 25.2. The summed E-state index contributed by atoms with van der Waals surface area (Å²) in [5, 5.41) is 6.82. The van der Waals surface area contributed by atoms with Gasteiger partial charge in [-0.2, -0.15) is 36.1 Å². The molecule has 11 heteroatoms. The molecule has 0 saturated carbocycles. The number of hydrogen-bond acceptors (Lipinski definition) is 3. The number of aromatic nitrogens is 2. The molecule has 0 atom stereocenters. The molecule has 0 spiro atoms. The Bertz CT molecular complexity index is 1510. The number of anilines is 1. The van der Waals surface area contributed by atoms with E-state index in [1.54, 1.807) is 31.2 Å². The minimum Gasteiger partial charge on any atom is -0.322 e. The molecule has 4 rings (SSSR count). The first-order chi connectivity index (χ1) is 17.3. The number of rotatable bonds is 4.